The minimum absolute atomic E-state index is 0.0440. The highest BCUT2D eigenvalue weighted by molar-refractivity contribution is 6.30. The highest BCUT2D eigenvalue weighted by atomic mass is 35.5. The van der Waals surface area contributed by atoms with Crippen LogP contribution < -0.4 is 10.9 Å². The fraction of sp³-hybridized carbons (Fsp3) is 0. The molecule has 0 fully saturated rings. The molecule has 8 heteroatoms. The summed E-state index contributed by atoms with van der Waals surface area (Å²) in [7, 11) is 0. The lowest BCUT2D eigenvalue weighted by atomic mass is 10.2. The number of fused-ring (bicyclic) bond motifs is 1. The first-order chi connectivity index (χ1) is 11.1. The van der Waals surface area contributed by atoms with Gasteiger partial charge < -0.3 is 4.98 Å². The third-order valence-electron chi connectivity index (χ3n) is 3.00. The van der Waals surface area contributed by atoms with E-state index >= 15 is 0 Å². The Labute approximate surface area is 135 Å². The number of nitrogens with one attached hydrogen (secondary N) is 2. The maximum atomic E-state index is 12.1. The zero-order chi connectivity index (χ0) is 16.4. The highest BCUT2D eigenvalue weighted by Gasteiger charge is 2.09. The first-order valence-electron chi connectivity index (χ1n) is 6.53. The Hall–Kier alpha value is -3.06. The van der Waals surface area contributed by atoms with Gasteiger partial charge in [0, 0.05) is 16.8 Å². The number of benzene rings is 1. The molecule has 0 atom stereocenters. The minimum atomic E-state index is -0.452. The summed E-state index contributed by atoms with van der Waals surface area (Å²) in [6.45, 7) is 3.35. The van der Waals surface area contributed by atoms with Gasteiger partial charge in [-0.3, -0.25) is 14.9 Å². The number of hydrogen-bond acceptors (Lipinski definition) is 5. The van der Waals surface area contributed by atoms with Crippen molar-refractivity contribution in [1.29, 1.82) is 0 Å². The van der Waals surface area contributed by atoms with Crippen LogP contribution in [0.2, 0.25) is 5.02 Å². The predicted octanol–water partition coefficient (Wildman–Crippen LogP) is 2.16. The number of carbonyl (C=O) groups is 1. The Morgan fingerprint density at radius 2 is 2.00 bits per heavy atom. The second-order valence-corrected chi connectivity index (χ2v) is 4.98. The van der Waals surface area contributed by atoms with Crippen molar-refractivity contribution in [3.63, 3.8) is 0 Å². The average Bonchev–Trinajstić information content (AvgIpc) is 2.55. The normalized spacial score (nSPS) is 10.5. The van der Waals surface area contributed by atoms with E-state index in [0.29, 0.717) is 16.4 Å². The Balaban J connectivity index is 2.11. The quantitative estimate of drug-likeness (QED) is 0.718. The molecule has 1 aromatic carbocycles. The zero-order valence-electron chi connectivity index (χ0n) is 11.7. The molecule has 0 aliphatic carbocycles. The summed E-state index contributed by atoms with van der Waals surface area (Å²) in [4.78, 5) is 38.4. The summed E-state index contributed by atoms with van der Waals surface area (Å²) in [5.74, 6) is -0.0615. The largest absolute Gasteiger partial charge is 0.306 e. The standard InChI is InChI=1S/C15H10ClN5O2/c1-2-11(22)18-15-17-7-10-13(21-15)19-12(20-14(10)23)8-3-5-9(16)6-4-8/h2-7H,1H2,(H2,17,18,19,20,21,22,23). The number of aromatic nitrogens is 4. The molecule has 0 saturated carbocycles. The maximum absolute atomic E-state index is 12.1. The van der Waals surface area contributed by atoms with Gasteiger partial charge in [0.15, 0.2) is 5.65 Å². The van der Waals surface area contributed by atoms with Crippen molar-refractivity contribution in [3.8, 4) is 11.4 Å². The molecule has 7 nitrogen and oxygen atoms in total. The van der Waals surface area contributed by atoms with Gasteiger partial charge in [0.2, 0.25) is 11.9 Å². The number of nitrogens with zero attached hydrogens (tertiary/aromatic N) is 3. The second kappa shape index (κ2) is 5.98. The molecular formula is C15H10ClN5O2. The Kier molecular flexibility index (Phi) is 3.86. The van der Waals surface area contributed by atoms with E-state index in [1.807, 2.05) is 0 Å². The number of amides is 1. The highest BCUT2D eigenvalue weighted by Crippen LogP contribution is 2.18. The molecule has 2 heterocycles. The van der Waals surface area contributed by atoms with E-state index in [-0.39, 0.29) is 22.5 Å². The van der Waals surface area contributed by atoms with Crippen molar-refractivity contribution in [3.05, 3.63) is 58.5 Å². The van der Waals surface area contributed by atoms with Crippen LogP contribution in [0.5, 0.6) is 0 Å². The molecule has 2 aromatic heterocycles. The predicted molar refractivity (Wildman–Crippen MR) is 87.2 cm³/mol. The van der Waals surface area contributed by atoms with Crippen molar-refractivity contribution in [1.82, 2.24) is 19.9 Å². The van der Waals surface area contributed by atoms with Crippen LogP contribution in [-0.2, 0) is 4.79 Å². The summed E-state index contributed by atoms with van der Waals surface area (Å²) in [6.07, 6.45) is 2.40. The van der Waals surface area contributed by atoms with Gasteiger partial charge in [0.05, 0.1) is 0 Å². The van der Waals surface area contributed by atoms with Crippen LogP contribution in [0.25, 0.3) is 22.4 Å². The third kappa shape index (κ3) is 3.09. The van der Waals surface area contributed by atoms with Gasteiger partial charge in [-0.15, -0.1) is 0 Å². The molecule has 3 rings (SSSR count). The van der Waals surface area contributed by atoms with Crippen molar-refractivity contribution in [2.75, 3.05) is 5.32 Å². The third-order valence-corrected chi connectivity index (χ3v) is 3.25. The van der Waals surface area contributed by atoms with E-state index < -0.39 is 5.91 Å². The number of hydrogen-bond donors (Lipinski definition) is 2. The van der Waals surface area contributed by atoms with E-state index in [4.69, 9.17) is 11.6 Å². The van der Waals surface area contributed by atoms with Gasteiger partial charge >= 0.3 is 0 Å². The lowest BCUT2D eigenvalue weighted by Gasteiger charge is -2.04. The summed E-state index contributed by atoms with van der Waals surface area (Å²) >= 11 is 5.85. The molecule has 0 bridgehead atoms. The van der Waals surface area contributed by atoms with Gasteiger partial charge in [-0.25, -0.2) is 9.97 Å². The Bertz CT molecular complexity index is 966. The van der Waals surface area contributed by atoms with Gasteiger partial charge in [-0.05, 0) is 30.3 Å². The summed E-state index contributed by atoms with van der Waals surface area (Å²) in [5, 5.41) is 3.22. The van der Waals surface area contributed by atoms with Crippen LogP contribution in [0.1, 0.15) is 0 Å². The lowest BCUT2D eigenvalue weighted by molar-refractivity contribution is -0.111. The molecule has 0 aliphatic rings. The molecule has 2 N–H and O–H groups in total. The Morgan fingerprint density at radius 3 is 2.70 bits per heavy atom. The van der Waals surface area contributed by atoms with Gasteiger partial charge in [0.1, 0.15) is 11.2 Å². The monoisotopic (exact) mass is 327 g/mol. The average molecular weight is 328 g/mol. The number of rotatable bonds is 3. The molecule has 0 aliphatic heterocycles. The number of halogens is 1. The van der Waals surface area contributed by atoms with Crippen LogP contribution in [0, 0.1) is 0 Å². The van der Waals surface area contributed by atoms with Crippen molar-refractivity contribution >= 4 is 34.5 Å². The Morgan fingerprint density at radius 1 is 1.26 bits per heavy atom. The molecule has 0 spiro atoms. The van der Waals surface area contributed by atoms with Crippen molar-refractivity contribution in [2.45, 2.75) is 0 Å². The first-order valence-corrected chi connectivity index (χ1v) is 6.91. The first kappa shape index (κ1) is 14.9. The van der Waals surface area contributed by atoms with Gasteiger partial charge in [0.25, 0.3) is 5.56 Å². The van der Waals surface area contributed by atoms with Gasteiger partial charge in [-0.1, -0.05) is 18.2 Å². The number of anilines is 1. The van der Waals surface area contributed by atoms with Crippen molar-refractivity contribution in [2.24, 2.45) is 0 Å². The number of aromatic amines is 1. The molecule has 23 heavy (non-hydrogen) atoms. The van der Waals surface area contributed by atoms with E-state index in [9.17, 15) is 9.59 Å². The van der Waals surface area contributed by atoms with E-state index in [1.165, 1.54) is 6.20 Å². The second-order valence-electron chi connectivity index (χ2n) is 4.55. The van der Waals surface area contributed by atoms with Crippen LogP contribution in [0.3, 0.4) is 0 Å². The van der Waals surface area contributed by atoms with E-state index in [2.05, 4.69) is 31.8 Å². The van der Waals surface area contributed by atoms with E-state index in [0.717, 1.165) is 6.08 Å². The maximum Gasteiger partial charge on any atom is 0.262 e. The molecule has 114 valence electrons. The fourth-order valence-electron chi connectivity index (χ4n) is 1.89. The summed E-state index contributed by atoms with van der Waals surface area (Å²) < 4.78 is 0. The smallest absolute Gasteiger partial charge is 0.262 e. The fourth-order valence-corrected chi connectivity index (χ4v) is 2.02. The molecule has 3 aromatic rings. The van der Waals surface area contributed by atoms with E-state index in [1.54, 1.807) is 24.3 Å². The molecule has 1 amide bonds. The van der Waals surface area contributed by atoms with Crippen LogP contribution in [0.4, 0.5) is 5.95 Å². The van der Waals surface area contributed by atoms with Crippen LogP contribution in [-0.4, -0.2) is 25.8 Å². The lowest BCUT2D eigenvalue weighted by Crippen LogP contribution is -2.14. The molecular weight excluding hydrogens is 318 g/mol. The van der Waals surface area contributed by atoms with Crippen molar-refractivity contribution < 1.29 is 4.79 Å². The van der Waals surface area contributed by atoms with Crippen LogP contribution >= 0.6 is 11.6 Å². The number of carbonyl (C=O) groups excluding carboxylic acids is 1. The van der Waals surface area contributed by atoms with Gasteiger partial charge in [-0.2, -0.15) is 4.98 Å². The SMILES string of the molecule is C=CC(=O)Nc1ncc2c(=O)[nH]c(-c3ccc(Cl)cc3)nc2n1. The zero-order valence-corrected chi connectivity index (χ0v) is 12.5. The molecule has 0 unspecified atom stereocenters. The summed E-state index contributed by atoms with van der Waals surface area (Å²) in [5.41, 5.74) is 0.485. The van der Waals surface area contributed by atoms with Crippen LogP contribution in [0.15, 0.2) is 47.9 Å². The molecule has 0 saturated heterocycles. The minimum Gasteiger partial charge on any atom is -0.306 e. The topological polar surface area (TPSA) is 101 Å². The number of H-pyrrole nitrogens is 1. The molecule has 0 radical (unpaired) electrons. The summed E-state index contributed by atoms with van der Waals surface area (Å²) in [6, 6.07) is 6.84.